The van der Waals surface area contributed by atoms with Crippen LogP contribution < -0.4 is 4.74 Å². The van der Waals surface area contributed by atoms with Crippen LogP contribution in [0.4, 0.5) is 0 Å². The lowest BCUT2D eigenvalue weighted by molar-refractivity contribution is 0.0898. The molecule has 0 aromatic heterocycles. The lowest BCUT2D eigenvalue weighted by Crippen LogP contribution is -2.11. The van der Waals surface area contributed by atoms with E-state index in [9.17, 15) is 5.11 Å². The van der Waals surface area contributed by atoms with E-state index in [1.54, 1.807) is 0 Å². The summed E-state index contributed by atoms with van der Waals surface area (Å²) >= 11 is 0. The highest BCUT2D eigenvalue weighted by molar-refractivity contribution is 5.40. The van der Waals surface area contributed by atoms with Crippen molar-refractivity contribution in [3.63, 3.8) is 0 Å². The minimum atomic E-state index is 0.0247. The Hall–Kier alpha value is -1.06. The van der Waals surface area contributed by atoms with E-state index >= 15 is 0 Å². The van der Waals surface area contributed by atoms with Crippen molar-refractivity contribution in [1.82, 2.24) is 0 Å². The van der Waals surface area contributed by atoms with Crippen LogP contribution in [0.3, 0.4) is 0 Å². The Morgan fingerprint density at radius 2 is 2.35 bits per heavy atom. The molecule has 1 aromatic rings. The number of hydrogen-bond acceptors (Lipinski definition) is 3. The number of para-hydroxylation sites is 1. The number of aliphatic hydroxyl groups excluding tert-OH is 1. The van der Waals surface area contributed by atoms with Gasteiger partial charge in [-0.05, 0) is 25.3 Å². The number of hydrogen-bond donors (Lipinski definition) is 1. The molecule has 1 heterocycles. The van der Waals surface area contributed by atoms with Crippen molar-refractivity contribution >= 4 is 0 Å². The highest BCUT2D eigenvalue weighted by atomic mass is 16.5. The van der Waals surface area contributed by atoms with Crippen LogP contribution in [0.1, 0.15) is 30.4 Å². The first-order chi connectivity index (χ1) is 8.31. The third-order valence-corrected chi connectivity index (χ3v) is 3.17. The molecule has 17 heavy (non-hydrogen) atoms. The van der Waals surface area contributed by atoms with E-state index in [4.69, 9.17) is 9.47 Å². The van der Waals surface area contributed by atoms with Gasteiger partial charge in [-0.3, -0.25) is 0 Å². The summed E-state index contributed by atoms with van der Waals surface area (Å²) in [6.45, 7) is 3.57. The summed E-state index contributed by atoms with van der Waals surface area (Å²) in [7, 11) is 0. The fourth-order valence-electron chi connectivity index (χ4n) is 2.21. The zero-order valence-electron chi connectivity index (χ0n) is 10.3. The highest BCUT2D eigenvalue weighted by Crippen LogP contribution is 2.24. The minimum absolute atomic E-state index is 0.0247. The Morgan fingerprint density at radius 1 is 1.47 bits per heavy atom. The predicted octanol–water partition coefficient (Wildman–Crippen LogP) is 2.44. The second-order valence-electron chi connectivity index (χ2n) is 4.49. The number of benzene rings is 1. The molecule has 0 bridgehead atoms. The van der Waals surface area contributed by atoms with Crippen LogP contribution in [0.15, 0.2) is 18.2 Å². The Morgan fingerprint density at radius 3 is 3.06 bits per heavy atom. The van der Waals surface area contributed by atoms with Gasteiger partial charge in [-0.25, -0.2) is 0 Å². The molecule has 1 aliphatic heterocycles. The van der Waals surface area contributed by atoms with Crippen LogP contribution in [-0.2, 0) is 11.3 Å². The van der Waals surface area contributed by atoms with Crippen LogP contribution in [-0.4, -0.2) is 24.4 Å². The number of rotatable bonds is 5. The second-order valence-corrected chi connectivity index (χ2v) is 4.49. The molecule has 1 saturated heterocycles. The molecular weight excluding hydrogens is 216 g/mol. The molecule has 3 heteroatoms. The van der Waals surface area contributed by atoms with Gasteiger partial charge in [0.15, 0.2) is 0 Å². The maximum atomic E-state index is 9.25. The van der Waals surface area contributed by atoms with E-state index < -0.39 is 0 Å². The van der Waals surface area contributed by atoms with E-state index in [0.717, 1.165) is 42.7 Å². The van der Waals surface area contributed by atoms with E-state index in [0.29, 0.717) is 12.7 Å². The van der Waals surface area contributed by atoms with E-state index in [2.05, 4.69) is 0 Å². The van der Waals surface area contributed by atoms with Gasteiger partial charge >= 0.3 is 0 Å². The first kappa shape index (κ1) is 12.4. The maximum absolute atomic E-state index is 9.25. The quantitative estimate of drug-likeness (QED) is 0.853. The van der Waals surface area contributed by atoms with Gasteiger partial charge in [-0.1, -0.05) is 18.2 Å². The molecule has 1 aromatic carbocycles. The average molecular weight is 236 g/mol. The Kier molecular flexibility index (Phi) is 4.40. The summed E-state index contributed by atoms with van der Waals surface area (Å²) in [6.07, 6.45) is 3.59. The second kappa shape index (κ2) is 6.03. The summed E-state index contributed by atoms with van der Waals surface area (Å²) < 4.78 is 11.3. The molecule has 0 amide bonds. The standard InChI is InChI=1S/C14H20O3/c1-11-4-2-5-12(10-15)14(11)17-9-7-13-6-3-8-16-13/h2,4-5,13,15H,3,6-10H2,1H3. The van der Waals surface area contributed by atoms with Crippen LogP contribution >= 0.6 is 0 Å². The molecule has 0 saturated carbocycles. The van der Waals surface area contributed by atoms with Crippen molar-refractivity contribution in [2.45, 2.75) is 38.9 Å². The van der Waals surface area contributed by atoms with Gasteiger partial charge in [-0.2, -0.15) is 0 Å². The summed E-state index contributed by atoms with van der Waals surface area (Å²) in [6, 6.07) is 5.84. The molecule has 0 spiro atoms. The van der Waals surface area contributed by atoms with Crippen molar-refractivity contribution in [1.29, 1.82) is 0 Å². The predicted molar refractivity (Wildman–Crippen MR) is 66.2 cm³/mol. The minimum Gasteiger partial charge on any atom is -0.493 e. The third kappa shape index (κ3) is 3.20. The van der Waals surface area contributed by atoms with Crippen LogP contribution in [0, 0.1) is 6.92 Å². The first-order valence-corrected chi connectivity index (χ1v) is 6.25. The van der Waals surface area contributed by atoms with E-state index in [-0.39, 0.29) is 6.61 Å². The van der Waals surface area contributed by atoms with Gasteiger partial charge in [0.05, 0.1) is 19.3 Å². The summed E-state index contributed by atoms with van der Waals surface area (Å²) in [4.78, 5) is 0. The van der Waals surface area contributed by atoms with Crippen molar-refractivity contribution < 1.29 is 14.6 Å². The summed E-state index contributed by atoms with van der Waals surface area (Å²) in [5.74, 6) is 0.827. The molecule has 3 nitrogen and oxygen atoms in total. The van der Waals surface area contributed by atoms with Gasteiger partial charge in [0.25, 0.3) is 0 Å². The number of aliphatic hydroxyl groups is 1. The molecule has 0 radical (unpaired) electrons. The Bertz CT molecular complexity index is 356. The van der Waals surface area contributed by atoms with Crippen molar-refractivity contribution in [3.05, 3.63) is 29.3 Å². The van der Waals surface area contributed by atoms with Gasteiger partial charge in [-0.15, -0.1) is 0 Å². The highest BCUT2D eigenvalue weighted by Gasteiger charge is 2.15. The zero-order chi connectivity index (χ0) is 12.1. The monoisotopic (exact) mass is 236 g/mol. The molecule has 1 unspecified atom stereocenters. The molecule has 94 valence electrons. The molecule has 1 fully saturated rings. The zero-order valence-corrected chi connectivity index (χ0v) is 10.3. The lowest BCUT2D eigenvalue weighted by atomic mass is 10.1. The van der Waals surface area contributed by atoms with E-state index in [1.165, 1.54) is 0 Å². The number of ether oxygens (including phenoxy) is 2. The molecule has 2 rings (SSSR count). The Labute approximate surface area is 102 Å². The molecule has 1 atom stereocenters. The normalized spacial score (nSPS) is 19.5. The summed E-state index contributed by atoms with van der Waals surface area (Å²) in [5, 5.41) is 9.25. The van der Waals surface area contributed by atoms with Gasteiger partial charge in [0, 0.05) is 18.6 Å². The van der Waals surface area contributed by atoms with Gasteiger partial charge in [0.1, 0.15) is 5.75 Å². The molecule has 1 N–H and O–H groups in total. The van der Waals surface area contributed by atoms with Gasteiger partial charge in [0.2, 0.25) is 0 Å². The van der Waals surface area contributed by atoms with Crippen molar-refractivity contribution in [2.75, 3.05) is 13.2 Å². The lowest BCUT2D eigenvalue weighted by Gasteiger charge is -2.14. The van der Waals surface area contributed by atoms with Crippen LogP contribution in [0.25, 0.3) is 0 Å². The fourth-order valence-corrected chi connectivity index (χ4v) is 2.21. The molecule has 1 aliphatic rings. The molecule has 0 aliphatic carbocycles. The third-order valence-electron chi connectivity index (χ3n) is 3.17. The van der Waals surface area contributed by atoms with Crippen molar-refractivity contribution in [2.24, 2.45) is 0 Å². The SMILES string of the molecule is Cc1cccc(CO)c1OCCC1CCCO1. The van der Waals surface area contributed by atoms with Crippen LogP contribution in [0.2, 0.25) is 0 Å². The maximum Gasteiger partial charge on any atom is 0.127 e. The summed E-state index contributed by atoms with van der Waals surface area (Å²) in [5.41, 5.74) is 1.93. The smallest absolute Gasteiger partial charge is 0.127 e. The Balaban J connectivity index is 1.89. The van der Waals surface area contributed by atoms with Crippen LogP contribution in [0.5, 0.6) is 5.75 Å². The van der Waals surface area contributed by atoms with E-state index in [1.807, 2.05) is 25.1 Å². The topological polar surface area (TPSA) is 38.7 Å². The average Bonchev–Trinajstić information content (AvgIpc) is 2.84. The van der Waals surface area contributed by atoms with Crippen molar-refractivity contribution in [3.8, 4) is 5.75 Å². The fraction of sp³-hybridized carbons (Fsp3) is 0.571. The van der Waals surface area contributed by atoms with Gasteiger partial charge < -0.3 is 14.6 Å². The largest absolute Gasteiger partial charge is 0.493 e. The first-order valence-electron chi connectivity index (χ1n) is 6.25. The number of aryl methyl sites for hydroxylation is 1. The molecular formula is C14H20O3.